The number of primary amides is 1. The lowest BCUT2D eigenvalue weighted by molar-refractivity contribution is -0.143. The van der Waals surface area contributed by atoms with Gasteiger partial charge >= 0.3 is 13.3 Å². The summed E-state index contributed by atoms with van der Waals surface area (Å²) in [7, 11) is -4.09. The number of rotatable bonds is 15. The van der Waals surface area contributed by atoms with E-state index in [1.807, 2.05) is 4.90 Å². The number of ether oxygens (including phenoxy) is 1. The number of alkyl halides is 2. The number of nitrogens with two attached hydrogens (primary N) is 1. The molecule has 24 heteroatoms. The minimum atomic E-state index is -5.86. The first kappa shape index (κ1) is 50.1. The summed E-state index contributed by atoms with van der Waals surface area (Å²) in [5.74, 6) is -4.56. The molecule has 3 saturated heterocycles. The SMILES string of the molecule is CN1CC[C@H]2CC[C@@H](C(=O)N[C@@H](CCC(N)=O)COc3cccc(Cc4ccc5c(c4F)CN(C4CCC(=O)NC4=O)C5=O)c3Cl)N2C(=O)[C@@H](NC(=O)c2cc3cc(C(F)(F)P(=O)(O)O)ccc3[nH]2)C1. The Kier molecular flexibility index (Phi) is 14.2. The quantitative estimate of drug-likeness (QED) is 0.0669. The average Bonchev–Trinajstić information content (AvgIpc) is 4.02. The molecule has 0 radical (unpaired) electrons. The van der Waals surface area contributed by atoms with Crippen molar-refractivity contribution >= 4 is 71.4 Å². The van der Waals surface area contributed by atoms with E-state index in [1.165, 1.54) is 28.0 Å². The zero-order valence-corrected chi connectivity index (χ0v) is 39.2. The van der Waals surface area contributed by atoms with Crippen LogP contribution in [-0.2, 0) is 47.2 Å². The molecule has 3 aromatic carbocycles. The molecule has 4 aliphatic heterocycles. The van der Waals surface area contributed by atoms with Crippen molar-refractivity contribution in [3.8, 4) is 5.75 Å². The fourth-order valence-corrected chi connectivity index (χ4v) is 10.3. The molecule has 70 heavy (non-hydrogen) atoms. The Hall–Kier alpha value is -6.32. The van der Waals surface area contributed by atoms with E-state index in [0.29, 0.717) is 24.9 Å². The van der Waals surface area contributed by atoms with E-state index in [-0.39, 0.29) is 108 Å². The number of H-pyrrole nitrogens is 1. The number of halogens is 4. The number of fused-ring (bicyclic) bond motifs is 3. The second kappa shape index (κ2) is 19.8. The highest BCUT2D eigenvalue weighted by Gasteiger charge is 2.51. The van der Waals surface area contributed by atoms with Crippen molar-refractivity contribution in [2.45, 2.75) is 93.8 Å². The number of hydrogen-bond donors (Lipinski definition) is 7. The van der Waals surface area contributed by atoms with Crippen LogP contribution >= 0.6 is 19.2 Å². The molecule has 0 spiro atoms. The molecule has 1 unspecified atom stereocenters. The summed E-state index contributed by atoms with van der Waals surface area (Å²) in [5, 5.41) is 8.03. The predicted molar refractivity (Wildman–Crippen MR) is 244 cm³/mol. The largest absolute Gasteiger partial charge is 0.490 e. The number of carbonyl (C=O) groups is 7. The Balaban J connectivity index is 0.939. The van der Waals surface area contributed by atoms with Gasteiger partial charge in [-0.05, 0) is 87.2 Å². The van der Waals surface area contributed by atoms with Gasteiger partial charge in [-0.1, -0.05) is 35.9 Å². The van der Waals surface area contributed by atoms with E-state index >= 15 is 4.39 Å². The highest BCUT2D eigenvalue weighted by molar-refractivity contribution is 7.52. The third-order valence-corrected chi connectivity index (χ3v) is 14.7. The van der Waals surface area contributed by atoms with Crippen LogP contribution in [0.2, 0.25) is 5.02 Å². The average molecular weight is 1010 g/mol. The molecular formula is C46H49ClF3N8O11P. The number of nitrogens with one attached hydrogen (secondary N) is 4. The van der Waals surface area contributed by atoms with Gasteiger partial charge in [0, 0.05) is 59.4 Å². The first-order chi connectivity index (χ1) is 33.1. The Bertz CT molecular complexity index is 2860. The zero-order valence-electron chi connectivity index (χ0n) is 37.5. The molecule has 4 aromatic rings. The Morgan fingerprint density at radius 2 is 1.80 bits per heavy atom. The van der Waals surface area contributed by atoms with Gasteiger partial charge in [0.15, 0.2) is 0 Å². The standard InChI is InChI=1S/C46H49ClF3N8O11P/c1-56-16-15-28-8-11-35(58(28)45(65)33(21-56)54-41(61)32-19-25-18-26(6-10-31(25)53-32)46(49,50)70(66,67)68)43(63)52-27(7-13-37(51)59)22-69-36-4-2-3-23(39(36)47)17-24-5-9-29-30(40(24)48)20-57(44(29)64)34-12-14-38(60)55-42(34)62/h2-6,9-10,18-19,27-28,33-35,53H,7-8,11-17,20-22H2,1H3,(H2,51,59)(H,52,63)(H,54,61)(H,55,60,62)(H2,66,67,68)/t27-,28+,33-,34?,35-/m0/s1. The van der Waals surface area contributed by atoms with Gasteiger partial charge in [0.25, 0.3) is 11.8 Å². The second-order valence-corrected chi connectivity index (χ2v) is 20.1. The maximum absolute atomic E-state index is 16.1. The van der Waals surface area contributed by atoms with E-state index < -0.39 is 90.2 Å². The summed E-state index contributed by atoms with van der Waals surface area (Å²) in [6.07, 6.45) is 1.33. The third-order valence-electron chi connectivity index (χ3n) is 13.3. The van der Waals surface area contributed by atoms with Crippen LogP contribution < -0.4 is 26.4 Å². The van der Waals surface area contributed by atoms with Crippen molar-refractivity contribution in [3.05, 3.63) is 98.9 Å². The van der Waals surface area contributed by atoms with Crippen LogP contribution in [0.5, 0.6) is 5.75 Å². The maximum Gasteiger partial charge on any atom is 0.399 e. The van der Waals surface area contributed by atoms with Crippen LogP contribution in [0.3, 0.4) is 0 Å². The van der Waals surface area contributed by atoms with E-state index in [1.54, 1.807) is 25.2 Å². The minimum absolute atomic E-state index is 0.0144. The molecule has 0 bridgehead atoms. The summed E-state index contributed by atoms with van der Waals surface area (Å²) in [6, 6.07) is 7.60. The van der Waals surface area contributed by atoms with Crippen molar-refractivity contribution in [2.75, 3.05) is 26.7 Å². The number of imide groups is 1. The number of benzene rings is 3. The number of nitrogens with zero attached hydrogens (tertiary/aromatic N) is 3. The monoisotopic (exact) mass is 1010 g/mol. The highest BCUT2D eigenvalue weighted by Crippen LogP contribution is 2.59. The Morgan fingerprint density at radius 1 is 1.03 bits per heavy atom. The molecule has 4 aliphatic rings. The van der Waals surface area contributed by atoms with Gasteiger partial charge in [-0.15, -0.1) is 0 Å². The van der Waals surface area contributed by atoms with E-state index in [0.717, 1.165) is 18.2 Å². The summed E-state index contributed by atoms with van der Waals surface area (Å²) in [4.78, 5) is 117. The van der Waals surface area contributed by atoms with Gasteiger partial charge in [0.2, 0.25) is 29.5 Å². The van der Waals surface area contributed by atoms with Crippen molar-refractivity contribution in [2.24, 2.45) is 5.73 Å². The molecule has 3 fully saturated rings. The number of aromatic amines is 1. The normalized spacial score (nSPS) is 21.5. The molecule has 0 aliphatic carbocycles. The van der Waals surface area contributed by atoms with Crippen molar-refractivity contribution < 1.29 is 65.8 Å². The van der Waals surface area contributed by atoms with Crippen LogP contribution in [0, 0.1) is 5.82 Å². The van der Waals surface area contributed by atoms with Crippen molar-refractivity contribution in [1.29, 1.82) is 0 Å². The van der Waals surface area contributed by atoms with Crippen LogP contribution in [-0.4, -0.2) is 128 Å². The van der Waals surface area contributed by atoms with Crippen molar-refractivity contribution in [1.82, 2.24) is 35.6 Å². The lowest BCUT2D eigenvalue weighted by atomic mass is 9.99. The lowest BCUT2D eigenvalue weighted by Crippen LogP contribution is -2.60. The molecular weight excluding hydrogens is 964 g/mol. The smallest absolute Gasteiger partial charge is 0.399 e. The Morgan fingerprint density at radius 3 is 2.53 bits per heavy atom. The van der Waals surface area contributed by atoms with Crippen LogP contribution in [0.1, 0.15) is 88.0 Å². The van der Waals surface area contributed by atoms with Crippen LogP contribution in [0.25, 0.3) is 10.9 Å². The van der Waals surface area contributed by atoms with Crippen molar-refractivity contribution in [3.63, 3.8) is 0 Å². The van der Waals surface area contributed by atoms with Gasteiger partial charge in [0.05, 0.1) is 17.6 Å². The van der Waals surface area contributed by atoms with E-state index in [2.05, 4.69) is 20.9 Å². The van der Waals surface area contributed by atoms with Gasteiger partial charge < -0.3 is 50.6 Å². The number of aromatic nitrogens is 1. The second-order valence-electron chi connectivity index (χ2n) is 18.0. The fraction of sp³-hybridized carbons (Fsp3) is 0.413. The molecule has 8 rings (SSSR count). The summed E-state index contributed by atoms with van der Waals surface area (Å²) in [5.41, 5.74) is 1.06. The first-order valence-corrected chi connectivity index (χ1v) is 24.4. The number of amides is 7. The van der Waals surface area contributed by atoms with E-state index in [9.17, 15) is 56.7 Å². The molecule has 0 saturated carbocycles. The zero-order chi connectivity index (χ0) is 50.4. The van der Waals surface area contributed by atoms with Gasteiger partial charge in [-0.3, -0.25) is 43.4 Å². The maximum atomic E-state index is 16.1. The molecule has 7 amide bonds. The fourth-order valence-electron chi connectivity index (χ4n) is 9.54. The summed E-state index contributed by atoms with van der Waals surface area (Å²) in [6.45, 7) is 0.199. The number of likely N-dealkylation sites (N-methyl/N-ethyl adjacent to an activating group) is 1. The van der Waals surface area contributed by atoms with Gasteiger partial charge in [0.1, 0.15) is 42.0 Å². The molecule has 5 atom stereocenters. The first-order valence-electron chi connectivity index (χ1n) is 22.4. The molecule has 19 nitrogen and oxygen atoms in total. The van der Waals surface area contributed by atoms with Gasteiger partial charge in [-0.25, -0.2) is 4.39 Å². The van der Waals surface area contributed by atoms with Gasteiger partial charge in [-0.2, -0.15) is 8.78 Å². The topological polar surface area (TPSA) is 274 Å². The number of carbonyl (C=O) groups excluding carboxylic acids is 7. The molecule has 5 heterocycles. The molecule has 372 valence electrons. The summed E-state index contributed by atoms with van der Waals surface area (Å²) < 4.78 is 62.6. The molecule has 8 N–H and O–H groups in total. The third kappa shape index (κ3) is 10.1. The van der Waals surface area contributed by atoms with E-state index in [4.69, 9.17) is 22.1 Å². The minimum Gasteiger partial charge on any atom is -0.490 e. The summed E-state index contributed by atoms with van der Waals surface area (Å²) >= 11 is 6.83. The number of hydrogen-bond acceptors (Lipinski definition) is 10. The van der Waals surface area contributed by atoms with Crippen LogP contribution in [0.4, 0.5) is 13.2 Å². The lowest BCUT2D eigenvalue weighted by Gasteiger charge is -2.38. The molecule has 1 aromatic heterocycles. The highest BCUT2D eigenvalue weighted by atomic mass is 35.5. The Labute approximate surface area is 402 Å². The predicted octanol–water partition coefficient (Wildman–Crippen LogP) is 3.16. The van der Waals surface area contributed by atoms with Crippen LogP contribution in [0.15, 0.2) is 54.6 Å². The number of piperidine rings is 1.